The van der Waals surface area contributed by atoms with E-state index in [9.17, 15) is 14.4 Å². The molecule has 0 heterocycles. The molecule has 0 rings (SSSR count). The van der Waals surface area contributed by atoms with Gasteiger partial charge in [-0.2, -0.15) is 0 Å². The van der Waals surface area contributed by atoms with Crippen LogP contribution in [0.2, 0.25) is 0 Å². The van der Waals surface area contributed by atoms with Crippen LogP contribution in [-0.4, -0.2) is 37.2 Å². The number of unbranched alkanes of at least 4 members (excludes halogenated alkanes) is 51. The molecule has 0 N–H and O–H groups in total. The van der Waals surface area contributed by atoms with Crippen LogP contribution in [0.15, 0.2) is 24.3 Å². The maximum atomic E-state index is 12.9. The van der Waals surface area contributed by atoms with E-state index in [0.717, 1.165) is 64.2 Å². The van der Waals surface area contributed by atoms with Gasteiger partial charge >= 0.3 is 17.9 Å². The molecule has 0 radical (unpaired) electrons. The smallest absolute Gasteiger partial charge is 0.306 e. The van der Waals surface area contributed by atoms with Crippen molar-refractivity contribution in [1.82, 2.24) is 0 Å². The molecule has 0 amide bonds. The van der Waals surface area contributed by atoms with E-state index in [2.05, 4.69) is 45.1 Å². The monoisotopic (exact) mass is 1100 g/mol. The third kappa shape index (κ3) is 64.7. The number of carbonyl (C=O) groups excluding carboxylic acids is 3. The maximum Gasteiger partial charge on any atom is 0.306 e. The van der Waals surface area contributed by atoms with Crippen molar-refractivity contribution >= 4 is 17.9 Å². The molecule has 1 unspecified atom stereocenters. The highest BCUT2D eigenvalue weighted by Gasteiger charge is 2.19. The van der Waals surface area contributed by atoms with Gasteiger partial charge in [0.25, 0.3) is 0 Å². The molecule has 0 fully saturated rings. The average molecular weight is 1100 g/mol. The quantitative estimate of drug-likeness (QED) is 0.0261. The lowest BCUT2D eigenvalue weighted by molar-refractivity contribution is -0.167. The van der Waals surface area contributed by atoms with Crippen molar-refractivity contribution in [3.63, 3.8) is 0 Å². The molecule has 1 atom stereocenters. The number of hydrogen-bond acceptors (Lipinski definition) is 6. The Balaban J connectivity index is 4.06. The molecule has 460 valence electrons. The minimum atomic E-state index is -0.767. The van der Waals surface area contributed by atoms with Crippen molar-refractivity contribution in [3.8, 4) is 0 Å². The summed E-state index contributed by atoms with van der Waals surface area (Å²) in [5, 5.41) is 0. The SMILES string of the molecule is CCCCCCC/C=C\C/C=C\CCCCCCCCCCCCCCCC(=O)OC(COC(=O)CCCCCCCCCC)COC(=O)CCCCCCCCCCCCCCCCCCCCCCCCCCCCC. The number of esters is 3. The molecular weight excluding hydrogens is 961 g/mol. The first kappa shape index (κ1) is 75.9. The van der Waals surface area contributed by atoms with Crippen LogP contribution < -0.4 is 0 Å². The Morgan fingerprint density at radius 2 is 0.462 bits per heavy atom. The maximum absolute atomic E-state index is 12.9. The Labute approximate surface area is 487 Å². The predicted octanol–water partition coefficient (Wildman–Crippen LogP) is 24.2. The zero-order chi connectivity index (χ0) is 56.4. The summed E-state index contributed by atoms with van der Waals surface area (Å²) in [4.78, 5) is 38.2. The van der Waals surface area contributed by atoms with Crippen LogP contribution in [-0.2, 0) is 28.6 Å². The van der Waals surface area contributed by atoms with Gasteiger partial charge in [0, 0.05) is 19.3 Å². The molecule has 0 saturated carbocycles. The first-order valence-corrected chi connectivity index (χ1v) is 35.3. The lowest BCUT2D eigenvalue weighted by Gasteiger charge is -2.18. The van der Waals surface area contributed by atoms with Gasteiger partial charge < -0.3 is 14.2 Å². The van der Waals surface area contributed by atoms with E-state index < -0.39 is 6.10 Å². The molecule has 0 aromatic rings. The second-order valence-electron chi connectivity index (χ2n) is 24.2. The van der Waals surface area contributed by atoms with Crippen LogP contribution in [0.3, 0.4) is 0 Å². The van der Waals surface area contributed by atoms with Crippen LogP contribution in [0.4, 0.5) is 0 Å². The van der Waals surface area contributed by atoms with Gasteiger partial charge in [-0.1, -0.05) is 353 Å². The molecule has 0 spiro atoms. The molecule has 0 aliphatic carbocycles. The largest absolute Gasteiger partial charge is 0.462 e. The molecule has 78 heavy (non-hydrogen) atoms. The fraction of sp³-hybridized carbons (Fsp3) is 0.903. The van der Waals surface area contributed by atoms with Crippen molar-refractivity contribution in [2.45, 2.75) is 406 Å². The van der Waals surface area contributed by atoms with Crippen LogP contribution in [0, 0.1) is 0 Å². The van der Waals surface area contributed by atoms with Crippen LogP contribution in [0.1, 0.15) is 400 Å². The Hall–Kier alpha value is -2.11. The summed E-state index contributed by atoms with van der Waals surface area (Å²) < 4.78 is 16.9. The lowest BCUT2D eigenvalue weighted by atomic mass is 10.0. The normalized spacial score (nSPS) is 12.1. The van der Waals surface area contributed by atoms with Gasteiger partial charge in [0.05, 0.1) is 0 Å². The van der Waals surface area contributed by atoms with Crippen molar-refractivity contribution in [2.75, 3.05) is 13.2 Å². The van der Waals surface area contributed by atoms with E-state index in [1.165, 1.54) is 295 Å². The van der Waals surface area contributed by atoms with Crippen molar-refractivity contribution in [3.05, 3.63) is 24.3 Å². The number of rotatable bonds is 66. The van der Waals surface area contributed by atoms with Gasteiger partial charge in [0.1, 0.15) is 13.2 Å². The molecule has 0 saturated heterocycles. The Morgan fingerprint density at radius 3 is 0.705 bits per heavy atom. The fourth-order valence-corrected chi connectivity index (χ4v) is 10.9. The summed E-state index contributed by atoms with van der Waals surface area (Å²) >= 11 is 0. The van der Waals surface area contributed by atoms with E-state index in [1.54, 1.807) is 0 Å². The standard InChI is InChI=1S/C72H136O6/c1-4-7-10-13-16-19-21-23-25-27-29-31-33-35-36-38-39-41-43-45-47-49-51-53-56-59-62-65-71(74)77-68-69(67-76-70(73)64-61-58-55-18-15-12-9-6-3)78-72(75)66-63-60-57-54-52-50-48-46-44-42-40-37-34-32-30-28-26-24-22-20-17-14-11-8-5-2/h22,24,28,30,69H,4-21,23,25-27,29,31-68H2,1-3H3/b24-22-,30-28-. The fourth-order valence-electron chi connectivity index (χ4n) is 10.9. The summed E-state index contributed by atoms with van der Waals surface area (Å²) in [6, 6.07) is 0. The van der Waals surface area contributed by atoms with Gasteiger partial charge in [-0.25, -0.2) is 0 Å². The van der Waals surface area contributed by atoms with Crippen molar-refractivity contribution in [2.24, 2.45) is 0 Å². The molecule has 0 aliphatic rings. The highest BCUT2D eigenvalue weighted by atomic mass is 16.6. The average Bonchev–Trinajstić information content (AvgIpc) is 3.44. The molecule has 6 nitrogen and oxygen atoms in total. The van der Waals surface area contributed by atoms with Gasteiger partial charge in [-0.15, -0.1) is 0 Å². The molecule has 0 aromatic carbocycles. The Kier molecular flexibility index (Phi) is 65.6. The summed E-state index contributed by atoms with van der Waals surface area (Å²) in [7, 11) is 0. The first-order chi connectivity index (χ1) is 38.5. The summed E-state index contributed by atoms with van der Waals surface area (Å²) in [6.45, 7) is 6.68. The van der Waals surface area contributed by atoms with Gasteiger partial charge in [0.15, 0.2) is 6.10 Å². The van der Waals surface area contributed by atoms with Gasteiger partial charge in [-0.3, -0.25) is 14.4 Å². The third-order valence-corrected chi connectivity index (χ3v) is 16.2. The Bertz CT molecular complexity index is 1260. The first-order valence-electron chi connectivity index (χ1n) is 35.3. The van der Waals surface area contributed by atoms with E-state index in [1.807, 2.05) is 0 Å². The molecule has 6 heteroatoms. The lowest BCUT2D eigenvalue weighted by Crippen LogP contribution is -2.30. The molecular formula is C72H136O6. The summed E-state index contributed by atoms with van der Waals surface area (Å²) in [6.07, 6.45) is 82.3. The summed E-state index contributed by atoms with van der Waals surface area (Å²) in [5.41, 5.74) is 0. The van der Waals surface area contributed by atoms with Crippen LogP contribution in [0.25, 0.3) is 0 Å². The van der Waals surface area contributed by atoms with E-state index >= 15 is 0 Å². The molecule has 0 bridgehead atoms. The van der Waals surface area contributed by atoms with Crippen LogP contribution >= 0.6 is 0 Å². The second-order valence-corrected chi connectivity index (χ2v) is 24.2. The third-order valence-electron chi connectivity index (χ3n) is 16.2. The minimum absolute atomic E-state index is 0.0651. The molecule has 0 aliphatic heterocycles. The number of carbonyl (C=O) groups is 3. The predicted molar refractivity (Wildman–Crippen MR) is 340 cm³/mol. The number of ether oxygens (including phenoxy) is 3. The zero-order valence-corrected chi connectivity index (χ0v) is 53.0. The zero-order valence-electron chi connectivity index (χ0n) is 53.0. The highest BCUT2D eigenvalue weighted by molar-refractivity contribution is 5.71. The molecule has 0 aromatic heterocycles. The second kappa shape index (κ2) is 67.4. The van der Waals surface area contributed by atoms with Crippen LogP contribution in [0.5, 0.6) is 0 Å². The minimum Gasteiger partial charge on any atom is -0.462 e. The van der Waals surface area contributed by atoms with Gasteiger partial charge in [-0.05, 0) is 51.4 Å². The van der Waals surface area contributed by atoms with E-state index in [0.29, 0.717) is 19.3 Å². The van der Waals surface area contributed by atoms with E-state index in [-0.39, 0.29) is 31.1 Å². The van der Waals surface area contributed by atoms with Crippen molar-refractivity contribution in [1.29, 1.82) is 0 Å². The highest BCUT2D eigenvalue weighted by Crippen LogP contribution is 2.19. The number of allylic oxidation sites excluding steroid dienone is 4. The van der Waals surface area contributed by atoms with E-state index in [4.69, 9.17) is 14.2 Å². The van der Waals surface area contributed by atoms with Gasteiger partial charge in [0.2, 0.25) is 0 Å². The summed E-state index contributed by atoms with van der Waals surface area (Å²) in [5.74, 6) is -0.841. The van der Waals surface area contributed by atoms with Crippen molar-refractivity contribution < 1.29 is 28.6 Å². The Morgan fingerprint density at radius 1 is 0.256 bits per heavy atom. The number of hydrogen-bond donors (Lipinski definition) is 0. The topological polar surface area (TPSA) is 78.9 Å².